The Morgan fingerprint density at radius 2 is 1.96 bits per heavy atom. The number of hydrogen-bond donors (Lipinski definition) is 0. The summed E-state index contributed by atoms with van der Waals surface area (Å²) in [7, 11) is -2.78. The lowest BCUT2D eigenvalue weighted by atomic mass is 10.2. The summed E-state index contributed by atoms with van der Waals surface area (Å²) in [6.45, 7) is 7.06. The second kappa shape index (κ2) is 5.90. The van der Waals surface area contributed by atoms with E-state index in [9.17, 15) is 8.42 Å². The third-order valence-corrected chi connectivity index (χ3v) is 7.42. The highest BCUT2D eigenvalue weighted by Crippen LogP contribution is 2.47. The van der Waals surface area contributed by atoms with Gasteiger partial charge in [-0.2, -0.15) is 0 Å². The van der Waals surface area contributed by atoms with Gasteiger partial charge in [-0.25, -0.2) is 8.42 Å². The molecule has 1 saturated carbocycles. The maximum Gasteiger partial charge on any atom is 0.151 e. The van der Waals surface area contributed by atoms with Crippen molar-refractivity contribution in [1.29, 1.82) is 0 Å². The van der Waals surface area contributed by atoms with E-state index in [4.69, 9.17) is 4.42 Å². The van der Waals surface area contributed by atoms with E-state index in [2.05, 4.69) is 28.9 Å². The number of piperazine rings is 1. The van der Waals surface area contributed by atoms with Crippen molar-refractivity contribution in [2.24, 2.45) is 5.92 Å². The van der Waals surface area contributed by atoms with Crippen LogP contribution < -0.4 is 0 Å². The second-order valence-electron chi connectivity index (χ2n) is 7.49. The molecule has 0 radical (unpaired) electrons. The van der Waals surface area contributed by atoms with E-state index in [1.54, 1.807) is 0 Å². The fourth-order valence-electron chi connectivity index (χ4n) is 3.97. The van der Waals surface area contributed by atoms with E-state index in [0.717, 1.165) is 56.6 Å². The lowest BCUT2D eigenvalue weighted by Gasteiger charge is -2.37. The summed E-state index contributed by atoms with van der Waals surface area (Å²) in [4.78, 5) is 4.78. The van der Waals surface area contributed by atoms with Gasteiger partial charge in [0.05, 0.1) is 18.1 Å². The highest BCUT2D eigenvalue weighted by molar-refractivity contribution is 7.91. The molecule has 0 amide bonds. The van der Waals surface area contributed by atoms with Crippen molar-refractivity contribution in [2.75, 3.05) is 37.7 Å². The van der Waals surface area contributed by atoms with Gasteiger partial charge in [-0.1, -0.05) is 6.92 Å². The quantitative estimate of drug-likeness (QED) is 0.836. The zero-order chi connectivity index (χ0) is 16.0. The molecular weight excluding hydrogens is 312 g/mol. The fraction of sp³-hybridized carbons (Fsp3) is 0.765. The van der Waals surface area contributed by atoms with E-state index in [0.29, 0.717) is 17.4 Å². The highest BCUT2D eigenvalue weighted by Gasteiger charge is 2.37. The second-order valence-corrected chi connectivity index (χ2v) is 9.72. The summed E-state index contributed by atoms with van der Waals surface area (Å²) in [6, 6.07) is 4.51. The Bertz CT molecular complexity index is 661. The molecule has 1 aromatic rings. The molecule has 2 saturated heterocycles. The Balaban J connectivity index is 1.27. The molecule has 6 heteroatoms. The number of rotatable bonds is 4. The largest absolute Gasteiger partial charge is 0.464 e. The minimum absolute atomic E-state index is 0.244. The maximum absolute atomic E-state index is 11.6. The lowest BCUT2D eigenvalue weighted by Crippen LogP contribution is -2.50. The van der Waals surface area contributed by atoms with E-state index >= 15 is 0 Å². The molecule has 3 atom stereocenters. The van der Waals surface area contributed by atoms with E-state index < -0.39 is 9.84 Å². The summed E-state index contributed by atoms with van der Waals surface area (Å²) in [5.74, 6) is 4.37. The van der Waals surface area contributed by atoms with Crippen LogP contribution in [-0.4, -0.2) is 61.9 Å². The molecule has 23 heavy (non-hydrogen) atoms. The fourth-order valence-corrected chi connectivity index (χ4v) is 5.73. The normalized spacial score (nSPS) is 34.7. The number of nitrogens with zero attached hydrogens (tertiary/aromatic N) is 2. The molecule has 4 rings (SSSR count). The first-order chi connectivity index (χ1) is 11.0. The Kier molecular flexibility index (Phi) is 4.02. The molecule has 3 heterocycles. The summed E-state index contributed by atoms with van der Waals surface area (Å²) >= 11 is 0. The summed E-state index contributed by atoms with van der Waals surface area (Å²) < 4.78 is 29.3. The van der Waals surface area contributed by atoms with Crippen LogP contribution >= 0.6 is 0 Å². The van der Waals surface area contributed by atoms with Crippen molar-refractivity contribution >= 4 is 9.84 Å². The van der Waals surface area contributed by atoms with E-state index in [1.165, 1.54) is 6.42 Å². The molecule has 0 bridgehead atoms. The van der Waals surface area contributed by atoms with Gasteiger partial charge in [0.25, 0.3) is 0 Å². The van der Waals surface area contributed by atoms with Gasteiger partial charge in [-0.15, -0.1) is 0 Å². The van der Waals surface area contributed by atoms with Crippen molar-refractivity contribution in [2.45, 2.75) is 38.3 Å². The molecule has 128 valence electrons. The average molecular weight is 338 g/mol. The molecule has 3 aliphatic rings. The minimum Gasteiger partial charge on any atom is -0.464 e. The van der Waals surface area contributed by atoms with Gasteiger partial charge < -0.3 is 4.42 Å². The van der Waals surface area contributed by atoms with Crippen molar-refractivity contribution in [1.82, 2.24) is 9.80 Å². The number of hydrogen-bond acceptors (Lipinski definition) is 5. The molecule has 1 aliphatic carbocycles. The average Bonchev–Trinajstić information content (AvgIpc) is 2.92. The van der Waals surface area contributed by atoms with Gasteiger partial charge in [0, 0.05) is 38.1 Å². The number of sulfone groups is 1. The summed E-state index contributed by atoms with van der Waals surface area (Å²) in [5.41, 5.74) is 0. The Morgan fingerprint density at radius 3 is 2.57 bits per heavy atom. The van der Waals surface area contributed by atoms with Crippen LogP contribution in [0.4, 0.5) is 0 Å². The number of furan rings is 1. The molecular formula is C17H26N2O3S. The zero-order valence-corrected chi connectivity index (χ0v) is 14.6. The van der Waals surface area contributed by atoms with Gasteiger partial charge in [0.2, 0.25) is 0 Å². The van der Waals surface area contributed by atoms with Crippen LogP contribution in [0, 0.1) is 5.92 Å². The van der Waals surface area contributed by atoms with Crippen LogP contribution in [0.15, 0.2) is 16.5 Å². The molecule has 0 aromatic carbocycles. The van der Waals surface area contributed by atoms with Crippen molar-refractivity contribution < 1.29 is 12.8 Å². The van der Waals surface area contributed by atoms with Crippen LogP contribution in [0.2, 0.25) is 0 Å². The summed E-state index contributed by atoms with van der Waals surface area (Å²) in [6.07, 6.45) is 2.07. The van der Waals surface area contributed by atoms with Crippen LogP contribution in [0.5, 0.6) is 0 Å². The lowest BCUT2D eigenvalue weighted by molar-refractivity contribution is 0.0951. The van der Waals surface area contributed by atoms with Gasteiger partial charge in [-0.05, 0) is 30.9 Å². The summed E-state index contributed by atoms with van der Waals surface area (Å²) in [5, 5.41) is 0. The van der Waals surface area contributed by atoms with Gasteiger partial charge in [-0.3, -0.25) is 9.80 Å². The highest BCUT2D eigenvalue weighted by atomic mass is 32.2. The third kappa shape index (κ3) is 3.49. The van der Waals surface area contributed by atoms with Gasteiger partial charge >= 0.3 is 0 Å². The van der Waals surface area contributed by atoms with Crippen molar-refractivity contribution in [3.05, 3.63) is 23.7 Å². The molecule has 2 aliphatic heterocycles. The minimum atomic E-state index is -2.78. The maximum atomic E-state index is 11.6. The van der Waals surface area contributed by atoms with Crippen LogP contribution in [0.25, 0.3) is 0 Å². The van der Waals surface area contributed by atoms with E-state index in [-0.39, 0.29) is 6.04 Å². The first kappa shape index (κ1) is 15.7. The van der Waals surface area contributed by atoms with Crippen molar-refractivity contribution in [3.63, 3.8) is 0 Å². The Morgan fingerprint density at radius 1 is 1.22 bits per heavy atom. The first-order valence-corrected chi connectivity index (χ1v) is 10.6. The molecule has 5 nitrogen and oxygen atoms in total. The van der Waals surface area contributed by atoms with Crippen LogP contribution in [0.3, 0.4) is 0 Å². The predicted octanol–water partition coefficient (Wildman–Crippen LogP) is 1.71. The molecule has 3 fully saturated rings. The van der Waals surface area contributed by atoms with E-state index in [1.807, 2.05) is 0 Å². The monoisotopic (exact) mass is 338 g/mol. The van der Waals surface area contributed by atoms with Crippen LogP contribution in [-0.2, 0) is 16.4 Å². The molecule has 0 N–H and O–H groups in total. The van der Waals surface area contributed by atoms with Crippen molar-refractivity contribution in [3.8, 4) is 0 Å². The SMILES string of the molecule is C[C@@H]1C[C@@H]1c1ccc(CN2CCN([C@H]3CCS(=O)(=O)C3)CC2)o1. The molecule has 0 unspecified atom stereocenters. The topological polar surface area (TPSA) is 53.8 Å². The molecule has 1 aromatic heterocycles. The molecule has 0 spiro atoms. The third-order valence-electron chi connectivity index (χ3n) is 5.67. The van der Waals surface area contributed by atoms with Gasteiger partial charge in [0.15, 0.2) is 9.84 Å². The first-order valence-electron chi connectivity index (χ1n) is 8.75. The zero-order valence-electron chi connectivity index (χ0n) is 13.8. The Hall–Kier alpha value is -0.850. The van der Waals surface area contributed by atoms with Crippen LogP contribution in [0.1, 0.15) is 37.2 Å². The standard InChI is InChI=1S/C17H26N2O3S/c1-13-10-16(13)17-3-2-15(22-17)11-18-5-7-19(8-6-18)14-4-9-23(20,21)12-14/h2-3,13-14,16H,4-12H2,1H3/t13-,14+,16+/m1/s1. The smallest absolute Gasteiger partial charge is 0.151 e. The Labute approximate surface area is 138 Å². The predicted molar refractivity (Wildman–Crippen MR) is 89.1 cm³/mol. The van der Waals surface area contributed by atoms with Gasteiger partial charge in [0.1, 0.15) is 11.5 Å².